The Bertz CT molecular complexity index is 1300. The molecule has 2 amide bonds. The van der Waals surface area contributed by atoms with E-state index in [0.717, 1.165) is 0 Å². The summed E-state index contributed by atoms with van der Waals surface area (Å²) in [6.07, 6.45) is 5.39. The molecule has 0 spiro atoms. The molecular formula is C24H25N5O6. The molecule has 11 nitrogen and oxygen atoms in total. The van der Waals surface area contributed by atoms with Crippen molar-refractivity contribution in [2.24, 2.45) is 5.92 Å². The van der Waals surface area contributed by atoms with Crippen molar-refractivity contribution in [1.29, 1.82) is 0 Å². The van der Waals surface area contributed by atoms with E-state index in [0.29, 0.717) is 70.7 Å². The highest BCUT2D eigenvalue weighted by Gasteiger charge is 2.33. The predicted molar refractivity (Wildman–Crippen MR) is 123 cm³/mol. The van der Waals surface area contributed by atoms with E-state index >= 15 is 0 Å². The molecule has 1 saturated carbocycles. The maximum absolute atomic E-state index is 13.0. The van der Waals surface area contributed by atoms with Crippen LogP contribution in [0.15, 0.2) is 24.7 Å². The molecule has 1 aromatic carbocycles. The van der Waals surface area contributed by atoms with Gasteiger partial charge < -0.3 is 34.1 Å². The van der Waals surface area contributed by atoms with Gasteiger partial charge in [0.15, 0.2) is 11.5 Å². The van der Waals surface area contributed by atoms with Gasteiger partial charge in [0.2, 0.25) is 12.7 Å². The number of methoxy groups -OCH3 is 1. The van der Waals surface area contributed by atoms with Crippen molar-refractivity contribution < 1.29 is 28.5 Å². The van der Waals surface area contributed by atoms with Gasteiger partial charge in [0.25, 0.3) is 5.91 Å². The van der Waals surface area contributed by atoms with E-state index in [9.17, 15) is 9.59 Å². The number of amides is 2. The van der Waals surface area contributed by atoms with E-state index in [1.807, 2.05) is 12.1 Å². The average molecular weight is 479 g/mol. The largest absolute Gasteiger partial charge is 0.492 e. The molecule has 0 unspecified atom stereocenters. The highest BCUT2D eigenvalue weighted by atomic mass is 16.7. The number of H-pyrrole nitrogens is 1. The third-order valence-electron chi connectivity index (χ3n) is 6.45. The SMILES string of the molecule is COCC(=O)N1CC(NC(=O)c2c[nH]c3c(-c4c(OCC5CC5)ccc5c4OCO5)ncnc23)C1. The molecule has 2 aliphatic heterocycles. The summed E-state index contributed by atoms with van der Waals surface area (Å²) in [7, 11) is 1.48. The van der Waals surface area contributed by atoms with Gasteiger partial charge in [-0.2, -0.15) is 0 Å². The van der Waals surface area contributed by atoms with Gasteiger partial charge in [-0.15, -0.1) is 0 Å². The van der Waals surface area contributed by atoms with Crippen LogP contribution in [0, 0.1) is 5.92 Å². The second-order valence-electron chi connectivity index (χ2n) is 8.98. The van der Waals surface area contributed by atoms with E-state index in [1.165, 1.54) is 26.3 Å². The van der Waals surface area contributed by atoms with Crippen LogP contribution < -0.4 is 19.5 Å². The summed E-state index contributed by atoms with van der Waals surface area (Å²) in [5, 5.41) is 2.97. The molecule has 35 heavy (non-hydrogen) atoms. The van der Waals surface area contributed by atoms with Crippen molar-refractivity contribution in [2.45, 2.75) is 18.9 Å². The topological polar surface area (TPSA) is 128 Å². The molecule has 1 aliphatic carbocycles. The number of nitrogens with zero attached hydrogens (tertiary/aromatic N) is 3. The van der Waals surface area contributed by atoms with Gasteiger partial charge in [0.05, 0.1) is 29.3 Å². The van der Waals surface area contributed by atoms with Crippen molar-refractivity contribution in [3.05, 3.63) is 30.2 Å². The Morgan fingerprint density at radius 3 is 2.89 bits per heavy atom. The van der Waals surface area contributed by atoms with Crippen molar-refractivity contribution in [2.75, 3.05) is 40.2 Å². The fourth-order valence-electron chi connectivity index (χ4n) is 4.34. The first-order valence-electron chi connectivity index (χ1n) is 11.6. The van der Waals surface area contributed by atoms with Gasteiger partial charge in [-0.3, -0.25) is 9.59 Å². The zero-order valence-electron chi connectivity index (χ0n) is 19.2. The molecule has 2 fully saturated rings. The van der Waals surface area contributed by atoms with Crippen LogP contribution in [0.25, 0.3) is 22.3 Å². The number of hydrogen-bond acceptors (Lipinski definition) is 8. The third kappa shape index (κ3) is 4.01. The minimum Gasteiger partial charge on any atom is -0.492 e. The van der Waals surface area contributed by atoms with Crippen LogP contribution in [-0.2, 0) is 9.53 Å². The fraction of sp³-hybridized carbons (Fsp3) is 0.417. The van der Waals surface area contributed by atoms with Crippen LogP contribution >= 0.6 is 0 Å². The number of hydrogen-bond donors (Lipinski definition) is 2. The number of fused-ring (bicyclic) bond motifs is 2. The average Bonchev–Trinajstić information content (AvgIpc) is 3.35. The summed E-state index contributed by atoms with van der Waals surface area (Å²) in [6, 6.07) is 3.57. The molecule has 3 aromatic rings. The number of likely N-dealkylation sites (tertiary alicyclic amines) is 1. The Labute approximate surface area is 200 Å². The molecule has 4 heterocycles. The number of carbonyl (C=O) groups excluding carboxylic acids is 2. The van der Waals surface area contributed by atoms with Crippen molar-refractivity contribution in [3.63, 3.8) is 0 Å². The zero-order valence-corrected chi connectivity index (χ0v) is 19.2. The van der Waals surface area contributed by atoms with E-state index in [4.69, 9.17) is 18.9 Å². The Morgan fingerprint density at radius 2 is 2.09 bits per heavy atom. The van der Waals surface area contributed by atoms with E-state index < -0.39 is 0 Å². The predicted octanol–water partition coefficient (Wildman–Crippen LogP) is 1.73. The summed E-state index contributed by atoms with van der Waals surface area (Å²) in [5.74, 6) is 2.04. The monoisotopic (exact) mass is 479 g/mol. The Morgan fingerprint density at radius 1 is 1.23 bits per heavy atom. The van der Waals surface area contributed by atoms with Gasteiger partial charge >= 0.3 is 0 Å². The van der Waals surface area contributed by atoms with Crippen molar-refractivity contribution >= 4 is 22.8 Å². The maximum atomic E-state index is 13.0. The van der Waals surface area contributed by atoms with Crippen LogP contribution in [0.3, 0.4) is 0 Å². The minimum atomic E-state index is -0.271. The third-order valence-corrected chi connectivity index (χ3v) is 6.45. The summed E-state index contributed by atoms with van der Waals surface area (Å²) in [6.45, 7) is 1.68. The number of aromatic nitrogens is 3. The summed E-state index contributed by atoms with van der Waals surface area (Å²) in [4.78, 5) is 38.6. The van der Waals surface area contributed by atoms with Gasteiger partial charge in [-0.25, -0.2) is 9.97 Å². The zero-order chi connectivity index (χ0) is 23.9. The molecule has 11 heteroatoms. The molecule has 2 N–H and O–H groups in total. The number of carbonyl (C=O) groups is 2. The number of benzene rings is 1. The molecule has 0 atom stereocenters. The fourth-order valence-corrected chi connectivity index (χ4v) is 4.34. The Balaban J connectivity index is 1.28. The number of ether oxygens (including phenoxy) is 4. The number of aromatic amines is 1. The smallest absolute Gasteiger partial charge is 0.255 e. The molecule has 182 valence electrons. The number of rotatable bonds is 8. The molecule has 3 aliphatic rings. The van der Waals surface area contributed by atoms with Crippen LogP contribution in [0.1, 0.15) is 23.2 Å². The van der Waals surface area contributed by atoms with E-state index in [1.54, 1.807) is 11.1 Å². The second-order valence-corrected chi connectivity index (χ2v) is 8.98. The molecular weight excluding hydrogens is 454 g/mol. The highest BCUT2D eigenvalue weighted by Crippen LogP contribution is 2.48. The van der Waals surface area contributed by atoms with Crippen LogP contribution in [0.2, 0.25) is 0 Å². The van der Waals surface area contributed by atoms with Gasteiger partial charge in [-0.1, -0.05) is 0 Å². The lowest BCUT2D eigenvalue weighted by Crippen LogP contribution is -2.61. The van der Waals surface area contributed by atoms with Gasteiger partial charge in [0.1, 0.15) is 29.9 Å². The summed E-state index contributed by atoms with van der Waals surface area (Å²) in [5.41, 5.74) is 2.73. The molecule has 1 saturated heterocycles. The van der Waals surface area contributed by atoms with E-state index in [-0.39, 0.29) is 31.3 Å². The maximum Gasteiger partial charge on any atom is 0.255 e. The van der Waals surface area contributed by atoms with Crippen LogP contribution in [0.5, 0.6) is 17.2 Å². The van der Waals surface area contributed by atoms with Crippen LogP contribution in [0.4, 0.5) is 0 Å². The molecule has 0 bridgehead atoms. The van der Waals surface area contributed by atoms with Crippen molar-refractivity contribution in [3.8, 4) is 28.5 Å². The lowest BCUT2D eigenvalue weighted by atomic mass is 10.1. The Kier molecular flexibility index (Phi) is 5.40. The molecule has 0 radical (unpaired) electrons. The van der Waals surface area contributed by atoms with Gasteiger partial charge in [-0.05, 0) is 30.9 Å². The normalized spacial score (nSPS) is 16.9. The van der Waals surface area contributed by atoms with Crippen molar-refractivity contribution in [1.82, 2.24) is 25.2 Å². The molecule has 6 rings (SSSR count). The summed E-state index contributed by atoms with van der Waals surface area (Å²) >= 11 is 0. The summed E-state index contributed by atoms with van der Waals surface area (Å²) < 4.78 is 22.4. The quantitative estimate of drug-likeness (QED) is 0.500. The second kappa shape index (κ2) is 8.73. The van der Waals surface area contributed by atoms with Crippen LogP contribution in [-0.4, -0.2) is 77.9 Å². The molecule has 2 aromatic heterocycles. The minimum absolute atomic E-state index is 0.0348. The van der Waals surface area contributed by atoms with E-state index in [2.05, 4.69) is 20.3 Å². The standard InChI is InChI=1S/C24H25N5O6/c1-32-10-18(30)29-7-14(8-29)28-24(31)15-6-25-22-20(15)26-11-27-21(22)19-16(33-9-13-2-3-13)4-5-17-23(19)35-12-34-17/h4-6,11,13-14,25H,2-3,7-10,12H2,1H3,(H,28,31). The lowest BCUT2D eigenvalue weighted by Gasteiger charge is -2.39. The number of nitrogens with one attached hydrogen (secondary N) is 2. The van der Waals surface area contributed by atoms with Gasteiger partial charge in [0, 0.05) is 26.4 Å². The first-order chi connectivity index (χ1) is 17.1. The first-order valence-corrected chi connectivity index (χ1v) is 11.6. The highest BCUT2D eigenvalue weighted by molar-refractivity contribution is 6.08. The Hall–Kier alpha value is -3.86. The lowest BCUT2D eigenvalue weighted by molar-refractivity contribution is -0.139. The first kappa shape index (κ1) is 21.7.